The highest BCUT2D eigenvalue weighted by atomic mass is 32.2. The molecule has 1 unspecified atom stereocenters. The van der Waals surface area contributed by atoms with Crippen LogP contribution in [0.1, 0.15) is 10.4 Å². The third-order valence-electron chi connectivity index (χ3n) is 2.82. The number of rotatable bonds is 3. The summed E-state index contributed by atoms with van der Waals surface area (Å²) in [7, 11) is -3.44. The van der Waals surface area contributed by atoms with Gasteiger partial charge >= 0.3 is 0 Å². The van der Waals surface area contributed by atoms with Gasteiger partial charge in [-0.05, 0) is 12.1 Å². The van der Waals surface area contributed by atoms with Crippen LogP contribution in [0.4, 0.5) is 5.69 Å². The number of nitrogens with zero attached hydrogens (tertiary/aromatic N) is 1. The molecule has 8 nitrogen and oxygen atoms in total. The number of nitrogens with one attached hydrogen (secondary N) is 1. The van der Waals surface area contributed by atoms with Crippen LogP contribution in [0.15, 0.2) is 24.3 Å². The van der Waals surface area contributed by atoms with Gasteiger partial charge in [0.2, 0.25) is 0 Å². The van der Waals surface area contributed by atoms with Crippen molar-refractivity contribution in [3.05, 3.63) is 39.9 Å². The summed E-state index contributed by atoms with van der Waals surface area (Å²) < 4.78 is 22.5. The largest absolute Gasteiger partial charge is 0.341 e. The van der Waals surface area contributed by atoms with Crippen LogP contribution in [0.3, 0.4) is 0 Å². The van der Waals surface area contributed by atoms with E-state index in [1.807, 2.05) is 0 Å². The van der Waals surface area contributed by atoms with Gasteiger partial charge in [0.05, 0.1) is 10.7 Å². The van der Waals surface area contributed by atoms with Crippen LogP contribution in [0.25, 0.3) is 0 Å². The molecule has 0 aromatic heterocycles. The van der Waals surface area contributed by atoms with E-state index in [1.54, 1.807) is 0 Å². The van der Waals surface area contributed by atoms with Gasteiger partial charge < -0.3 is 5.32 Å². The fourth-order valence-corrected chi connectivity index (χ4v) is 3.35. The summed E-state index contributed by atoms with van der Waals surface area (Å²) in [5.74, 6) is -2.18. The molecule has 1 aliphatic heterocycles. The maximum absolute atomic E-state index is 11.8. The Hall–Kier alpha value is -2.29. The van der Waals surface area contributed by atoms with Crippen LogP contribution < -0.4 is 5.32 Å². The van der Waals surface area contributed by atoms with E-state index in [4.69, 9.17) is 0 Å². The second-order valence-electron chi connectivity index (χ2n) is 4.35. The minimum Gasteiger partial charge on any atom is -0.341 e. The average molecular weight is 298 g/mol. The summed E-state index contributed by atoms with van der Waals surface area (Å²) in [6.45, 7) is 0. The zero-order valence-electron chi connectivity index (χ0n) is 10.1. The van der Waals surface area contributed by atoms with E-state index in [-0.39, 0.29) is 11.3 Å². The molecule has 1 saturated heterocycles. The number of amides is 1. The number of non-ortho nitro benzene ring substituents is 1. The fraction of sp³-hybridized carbons (Fsp3) is 0.273. The average Bonchev–Trinajstić information content (AvgIpc) is 2.62. The summed E-state index contributed by atoms with van der Waals surface area (Å²) in [6, 6.07) is 3.73. The van der Waals surface area contributed by atoms with Gasteiger partial charge in [0.1, 0.15) is 11.8 Å². The molecule has 1 amide bonds. The molecule has 1 aliphatic rings. The first-order valence-corrected chi connectivity index (χ1v) is 7.39. The number of nitro benzene ring substituents is 1. The minimum absolute atomic E-state index is 0.118. The first-order chi connectivity index (χ1) is 9.28. The molecule has 2 rings (SSSR count). The molecule has 9 heteroatoms. The normalized spacial score (nSPS) is 20.6. The van der Waals surface area contributed by atoms with Gasteiger partial charge in [-0.2, -0.15) is 0 Å². The van der Waals surface area contributed by atoms with Crippen molar-refractivity contribution < 1.29 is 22.9 Å². The Bertz CT molecular complexity index is 679. The summed E-state index contributed by atoms with van der Waals surface area (Å²) in [5, 5.41) is 12.8. The van der Waals surface area contributed by atoms with Crippen LogP contribution in [-0.2, 0) is 14.6 Å². The van der Waals surface area contributed by atoms with E-state index < -0.39 is 44.0 Å². The zero-order valence-corrected chi connectivity index (χ0v) is 10.9. The predicted molar refractivity (Wildman–Crippen MR) is 68.0 cm³/mol. The molecule has 0 aliphatic carbocycles. The quantitative estimate of drug-likeness (QED) is 0.603. The van der Waals surface area contributed by atoms with Crippen molar-refractivity contribution in [3.8, 4) is 0 Å². The van der Waals surface area contributed by atoms with Gasteiger partial charge in [-0.25, -0.2) is 8.42 Å². The third kappa shape index (κ3) is 2.99. The number of ketones is 1. The molecule has 0 spiro atoms. The van der Waals surface area contributed by atoms with Crippen molar-refractivity contribution >= 4 is 27.2 Å². The van der Waals surface area contributed by atoms with Crippen LogP contribution >= 0.6 is 0 Å². The molecule has 0 radical (unpaired) electrons. The standard InChI is InChI=1S/C11H10N2O6S/c14-10-6-20(18,19)5-9(10)12-11(15)7-1-3-8(4-2-7)13(16)17/h1-4,9H,5-6H2,(H,12,15). The van der Waals surface area contributed by atoms with Gasteiger partial charge in [0, 0.05) is 17.7 Å². The molecule has 1 fully saturated rings. The van der Waals surface area contributed by atoms with Gasteiger partial charge in [0.25, 0.3) is 11.6 Å². The lowest BCUT2D eigenvalue weighted by atomic mass is 10.1. The number of nitro groups is 1. The van der Waals surface area contributed by atoms with Gasteiger partial charge in [0.15, 0.2) is 15.6 Å². The Kier molecular flexibility index (Phi) is 3.53. The van der Waals surface area contributed by atoms with Gasteiger partial charge in [-0.15, -0.1) is 0 Å². The summed E-state index contributed by atoms with van der Waals surface area (Å²) >= 11 is 0. The molecular formula is C11H10N2O6S. The summed E-state index contributed by atoms with van der Waals surface area (Å²) in [5.41, 5.74) is -0.0474. The first-order valence-electron chi connectivity index (χ1n) is 5.57. The van der Waals surface area contributed by atoms with Crippen molar-refractivity contribution in [2.24, 2.45) is 0 Å². The number of carbonyl (C=O) groups is 2. The van der Waals surface area contributed by atoms with E-state index >= 15 is 0 Å². The monoisotopic (exact) mass is 298 g/mol. The second-order valence-corrected chi connectivity index (χ2v) is 6.46. The van der Waals surface area contributed by atoms with Crippen molar-refractivity contribution in [1.82, 2.24) is 5.32 Å². The van der Waals surface area contributed by atoms with E-state index in [9.17, 15) is 28.1 Å². The predicted octanol–water partition coefficient (Wildman–Crippen LogP) is -0.309. The number of sulfone groups is 1. The lowest BCUT2D eigenvalue weighted by Gasteiger charge is -2.09. The highest BCUT2D eigenvalue weighted by Gasteiger charge is 2.37. The second kappa shape index (κ2) is 5.00. The molecule has 0 bridgehead atoms. The third-order valence-corrected chi connectivity index (χ3v) is 4.38. The SMILES string of the molecule is O=C(NC1CS(=O)(=O)CC1=O)c1ccc([N+](=O)[O-])cc1. The lowest BCUT2D eigenvalue weighted by molar-refractivity contribution is -0.384. The number of carbonyl (C=O) groups excluding carboxylic acids is 2. The van der Waals surface area contributed by atoms with Crippen molar-refractivity contribution in [1.29, 1.82) is 0 Å². The molecular weight excluding hydrogens is 288 g/mol. The van der Waals surface area contributed by atoms with Crippen LogP contribution in [0.2, 0.25) is 0 Å². The molecule has 1 heterocycles. The fourth-order valence-electron chi connectivity index (χ4n) is 1.82. The topological polar surface area (TPSA) is 123 Å². The summed E-state index contributed by atoms with van der Waals surface area (Å²) in [6.07, 6.45) is 0. The minimum atomic E-state index is -3.44. The van der Waals surface area contributed by atoms with Crippen LogP contribution in [0, 0.1) is 10.1 Å². The van der Waals surface area contributed by atoms with E-state index in [2.05, 4.69) is 5.32 Å². The first kappa shape index (κ1) is 14.1. The Morgan fingerprint density at radius 1 is 1.30 bits per heavy atom. The molecule has 1 atom stereocenters. The Balaban J connectivity index is 2.09. The van der Waals surface area contributed by atoms with E-state index in [0.29, 0.717) is 0 Å². The smallest absolute Gasteiger partial charge is 0.269 e. The summed E-state index contributed by atoms with van der Waals surface area (Å²) in [4.78, 5) is 33.1. The van der Waals surface area contributed by atoms with E-state index in [0.717, 1.165) is 12.1 Å². The molecule has 20 heavy (non-hydrogen) atoms. The highest BCUT2D eigenvalue weighted by Crippen LogP contribution is 2.13. The Morgan fingerprint density at radius 3 is 2.35 bits per heavy atom. The van der Waals surface area contributed by atoms with Gasteiger partial charge in [-0.3, -0.25) is 19.7 Å². The number of Topliss-reactive ketones (excluding diaryl/α,β-unsaturated/α-hetero) is 1. The lowest BCUT2D eigenvalue weighted by Crippen LogP contribution is -2.40. The van der Waals surface area contributed by atoms with Gasteiger partial charge in [-0.1, -0.05) is 0 Å². The molecule has 1 N–H and O–H groups in total. The zero-order chi connectivity index (χ0) is 14.9. The highest BCUT2D eigenvalue weighted by molar-refractivity contribution is 7.92. The molecule has 1 aromatic rings. The van der Waals surface area contributed by atoms with Crippen molar-refractivity contribution in [2.75, 3.05) is 11.5 Å². The van der Waals surface area contributed by atoms with Crippen molar-refractivity contribution in [2.45, 2.75) is 6.04 Å². The van der Waals surface area contributed by atoms with Crippen LogP contribution in [0.5, 0.6) is 0 Å². The van der Waals surface area contributed by atoms with E-state index in [1.165, 1.54) is 12.1 Å². The van der Waals surface area contributed by atoms with Crippen molar-refractivity contribution in [3.63, 3.8) is 0 Å². The number of hydrogen-bond acceptors (Lipinski definition) is 6. The maximum Gasteiger partial charge on any atom is 0.269 e. The Labute approximate surface area is 113 Å². The molecule has 1 aromatic carbocycles. The molecule has 106 valence electrons. The number of hydrogen-bond donors (Lipinski definition) is 1. The van der Waals surface area contributed by atoms with Crippen LogP contribution in [-0.4, -0.2) is 42.6 Å². The number of benzene rings is 1. The molecule has 0 saturated carbocycles. The maximum atomic E-state index is 11.8. The Morgan fingerprint density at radius 2 is 1.90 bits per heavy atom.